The molecule has 0 aliphatic heterocycles. The molecule has 1 unspecified atom stereocenters. The molecule has 1 fully saturated rings. The van der Waals surface area contributed by atoms with Crippen molar-refractivity contribution < 1.29 is 18.7 Å². The summed E-state index contributed by atoms with van der Waals surface area (Å²) >= 11 is 0. The first kappa shape index (κ1) is 18.3. The zero-order valence-corrected chi connectivity index (χ0v) is 13.7. The van der Waals surface area contributed by atoms with Gasteiger partial charge in [-0.15, -0.1) is 0 Å². The van der Waals surface area contributed by atoms with Crippen LogP contribution in [0.3, 0.4) is 0 Å². The van der Waals surface area contributed by atoms with Gasteiger partial charge in [0.25, 0.3) is 5.91 Å². The average molecular weight is 306 g/mol. The van der Waals surface area contributed by atoms with E-state index in [4.69, 9.17) is 0 Å². The van der Waals surface area contributed by atoms with Gasteiger partial charge in [-0.2, -0.15) is 8.78 Å². The van der Waals surface area contributed by atoms with Crippen molar-refractivity contribution in [2.45, 2.75) is 64.0 Å². The molecule has 21 heavy (non-hydrogen) atoms. The lowest BCUT2D eigenvalue weighted by atomic mass is 9.74. The van der Waals surface area contributed by atoms with E-state index in [0.717, 1.165) is 0 Å². The minimum Gasteiger partial charge on any atom is -0.383 e. The second-order valence-electron chi connectivity index (χ2n) is 7.44. The van der Waals surface area contributed by atoms with Gasteiger partial charge in [0.2, 0.25) is 0 Å². The summed E-state index contributed by atoms with van der Waals surface area (Å²) < 4.78 is 28.2. The molecule has 4 nitrogen and oxygen atoms in total. The van der Waals surface area contributed by atoms with Crippen LogP contribution in [0.2, 0.25) is 0 Å². The van der Waals surface area contributed by atoms with Crippen LogP contribution in [0.5, 0.6) is 0 Å². The van der Waals surface area contributed by atoms with Crippen molar-refractivity contribution in [3.63, 3.8) is 0 Å². The lowest BCUT2D eigenvalue weighted by molar-refractivity contribution is -0.216. The number of rotatable bonds is 6. The zero-order valence-electron chi connectivity index (χ0n) is 13.7. The Balaban J connectivity index is 2.76. The van der Waals surface area contributed by atoms with Crippen LogP contribution < -0.4 is 5.32 Å². The van der Waals surface area contributed by atoms with Gasteiger partial charge in [0.05, 0.1) is 0 Å². The zero-order chi connectivity index (χ0) is 16.5. The van der Waals surface area contributed by atoms with E-state index in [2.05, 4.69) is 5.32 Å². The Kier molecular flexibility index (Phi) is 5.37. The highest BCUT2D eigenvalue weighted by molar-refractivity contribution is 5.85. The van der Waals surface area contributed by atoms with Gasteiger partial charge in [-0.05, 0) is 51.7 Å². The number of amides is 1. The first-order valence-electron chi connectivity index (χ1n) is 7.46. The van der Waals surface area contributed by atoms with Gasteiger partial charge >= 0.3 is 5.92 Å². The fraction of sp³-hybridized carbons (Fsp3) is 0.933. The van der Waals surface area contributed by atoms with Gasteiger partial charge in [0.15, 0.2) is 0 Å². The summed E-state index contributed by atoms with van der Waals surface area (Å²) in [4.78, 5) is 13.9. The summed E-state index contributed by atoms with van der Waals surface area (Å²) in [5, 5.41) is 12.3. The van der Waals surface area contributed by atoms with Crippen LogP contribution in [-0.4, -0.2) is 54.1 Å². The number of hydrogen-bond acceptors (Lipinski definition) is 3. The first-order chi connectivity index (χ1) is 9.40. The Bertz CT molecular complexity index is 374. The molecule has 0 aromatic rings. The summed E-state index contributed by atoms with van der Waals surface area (Å²) in [7, 11) is 3.79. The molecule has 0 bridgehead atoms. The quantitative estimate of drug-likeness (QED) is 0.789. The molecule has 1 saturated carbocycles. The number of nitrogens with zero attached hydrogens (tertiary/aromatic N) is 1. The van der Waals surface area contributed by atoms with Crippen LogP contribution in [0.1, 0.15) is 46.5 Å². The fourth-order valence-electron chi connectivity index (χ4n) is 2.39. The predicted octanol–water partition coefficient (Wildman–Crippen LogP) is 2.02. The molecule has 0 radical (unpaired) electrons. The second kappa shape index (κ2) is 6.16. The minimum absolute atomic E-state index is 0.0225. The lowest BCUT2D eigenvalue weighted by Gasteiger charge is -2.42. The Hall–Kier alpha value is -0.750. The van der Waals surface area contributed by atoms with Crippen molar-refractivity contribution in [3.05, 3.63) is 0 Å². The normalized spacial score (nSPS) is 20.0. The summed E-state index contributed by atoms with van der Waals surface area (Å²) in [6.45, 7) is 6.41. The first-order valence-corrected chi connectivity index (χ1v) is 7.46. The summed E-state index contributed by atoms with van der Waals surface area (Å²) in [6.07, 6.45) is 1.07. The molecule has 1 rings (SSSR count). The van der Waals surface area contributed by atoms with E-state index in [9.17, 15) is 18.7 Å². The molecule has 1 amide bonds. The molecule has 0 aromatic carbocycles. The molecule has 1 aliphatic rings. The number of hydrogen-bond donors (Lipinski definition) is 2. The Morgan fingerprint density at radius 1 is 1.33 bits per heavy atom. The van der Waals surface area contributed by atoms with Crippen molar-refractivity contribution in [2.75, 3.05) is 20.6 Å². The van der Waals surface area contributed by atoms with Crippen molar-refractivity contribution in [1.82, 2.24) is 10.2 Å². The predicted molar refractivity (Wildman–Crippen MR) is 78.3 cm³/mol. The van der Waals surface area contributed by atoms with Crippen LogP contribution in [0.25, 0.3) is 0 Å². The van der Waals surface area contributed by atoms with E-state index >= 15 is 0 Å². The van der Waals surface area contributed by atoms with Gasteiger partial charge < -0.3 is 15.3 Å². The van der Waals surface area contributed by atoms with Gasteiger partial charge in [-0.3, -0.25) is 4.79 Å². The number of nitrogens with one attached hydrogen (secondary N) is 1. The molecule has 1 aliphatic carbocycles. The largest absolute Gasteiger partial charge is 0.383 e. The molecule has 0 aromatic heterocycles. The molecule has 124 valence electrons. The van der Waals surface area contributed by atoms with E-state index in [-0.39, 0.29) is 24.3 Å². The lowest BCUT2D eigenvalue weighted by Crippen LogP contribution is -2.62. The summed E-state index contributed by atoms with van der Waals surface area (Å²) in [6, 6.07) is -0.373. The highest BCUT2D eigenvalue weighted by Crippen LogP contribution is 2.44. The molecule has 1 atom stereocenters. The highest BCUT2D eigenvalue weighted by Gasteiger charge is 2.61. The van der Waals surface area contributed by atoms with Gasteiger partial charge in [0.1, 0.15) is 5.60 Å². The maximum absolute atomic E-state index is 14.1. The number of aliphatic hydroxyl groups is 1. The Labute approximate surface area is 125 Å². The maximum Gasteiger partial charge on any atom is 0.352 e. The molecular formula is C15H28F2N2O2. The third-order valence-corrected chi connectivity index (χ3v) is 4.27. The van der Waals surface area contributed by atoms with Crippen LogP contribution in [0.4, 0.5) is 8.78 Å². The molecule has 2 N–H and O–H groups in total. The van der Waals surface area contributed by atoms with Crippen molar-refractivity contribution in [2.24, 2.45) is 5.41 Å². The molecule has 0 spiro atoms. The number of carbonyl (C=O) groups excluding carboxylic acids is 1. The molecule has 0 heterocycles. The topological polar surface area (TPSA) is 52.6 Å². The van der Waals surface area contributed by atoms with Gasteiger partial charge in [-0.1, -0.05) is 20.8 Å². The average Bonchev–Trinajstić information content (AvgIpc) is 2.28. The van der Waals surface area contributed by atoms with Gasteiger partial charge in [-0.25, -0.2) is 0 Å². The Morgan fingerprint density at radius 3 is 2.19 bits per heavy atom. The van der Waals surface area contributed by atoms with Crippen LogP contribution >= 0.6 is 0 Å². The smallest absolute Gasteiger partial charge is 0.352 e. The fourth-order valence-corrected chi connectivity index (χ4v) is 2.39. The monoisotopic (exact) mass is 306 g/mol. The SMILES string of the molecule is CN(C)CCC(NC(=O)C(F)(F)C1(O)CCC1)C(C)(C)C. The van der Waals surface area contributed by atoms with Crippen molar-refractivity contribution >= 4 is 5.91 Å². The summed E-state index contributed by atoms with van der Waals surface area (Å²) in [5.41, 5.74) is -2.49. The summed E-state index contributed by atoms with van der Waals surface area (Å²) in [5.74, 6) is -5.09. The van der Waals surface area contributed by atoms with Crippen LogP contribution in [-0.2, 0) is 4.79 Å². The molecule has 0 saturated heterocycles. The second-order valence-corrected chi connectivity index (χ2v) is 7.44. The third kappa shape index (κ3) is 4.13. The van der Waals surface area contributed by atoms with E-state index in [0.29, 0.717) is 19.4 Å². The standard InChI is InChI=1S/C15H28F2N2O2/c1-13(2,3)11(7-10-19(4)5)18-12(20)15(16,17)14(21)8-6-9-14/h11,21H,6-10H2,1-5H3,(H,18,20). The van der Waals surface area contributed by atoms with Gasteiger partial charge in [0, 0.05) is 6.04 Å². The minimum atomic E-state index is -3.73. The molecular weight excluding hydrogens is 278 g/mol. The number of alkyl halides is 2. The highest BCUT2D eigenvalue weighted by atomic mass is 19.3. The maximum atomic E-state index is 14.1. The van der Waals surface area contributed by atoms with Crippen LogP contribution in [0.15, 0.2) is 0 Å². The van der Waals surface area contributed by atoms with Crippen LogP contribution in [0, 0.1) is 5.41 Å². The van der Waals surface area contributed by atoms with E-state index in [1.165, 1.54) is 0 Å². The number of carbonyl (C=O) groups is 1. The number of halogens is 2. The van der Waals surface area contributed by atoms with E-state index < -0.39 is 17.4 Å². The molecule has 6 heteroatoms. The van der Waals surface area contributed by atoms with Crippen molar-refractivity contribution in [3.8, 4) is 0 Å². The Morgan fingerprint density at radius 2 is 1.86 bits per heavy atom. The third-order valence-electron chi connectivity index (χ3n) is 4.27. The van der Waals surface area contributed by atoms with E-state index in [1.807, 2.05) is 39.8 Å². The van der Waals surface area contributed by atoms with Crippen molar-refractivity contribution in [1.29, 1.82) is 0 Å². The van der Waals surface area contributed by atoms with E-state index in [1.54, 1.807) is 0 Å².